The molecule has 2 rings (SSSR count). The number of para-hydroxylation sites is 1. The Hall–Kier alpha value is -2.60. The SMILES string of the molecule is CC[C@H](C)[C@H](NC(=O)c1ccccc1OC)C(=O)n1cccc1CO. The van der Waals surface area contributed by atoms with E-state index in [9.17, 15) is 14.7 Å². The molecule has 1 aromatic carbocycles. The fourth-order valence-electron chi connectivity index (χ4n) is 2.64. The standard InChI is InChI=1S/C19H24N2O4/c1-4-13(2)17(19(24)21-11-7-8-14(21)12-22)20-18(23)15-9-5-6-10-16(15)25-3/h5-11,13,17,22H,4,12H2,1-3H3,(H,20,23)/t13-,17-/m0/s1. The zero-order valence-corrected chi connectivity index (χ0v) is 14.7. The molecule has 1 aromatic heterocycles. The van der Waals surface area contributed by atoms with Gasteiger partial charge in [0.25, 0.3) is 11.8 Å². The maximum Gasteiger partial charge on any atom is 0.255 e. The van der Waals surface area contributed by atoms with Crippen LogP contribution in [0, 0.1) is 5.92 Å². The number of hydrogen-bond donors (Lipinski definition) is 2. The molecule has 6 heteroatoms. The summed E-state index contributed by atoms with van der Waals surface area (Å²) in [4.78, 5) is 25.6. The molecule has 134 valence electrons. The lowest BCUT2D eigenvalue weighted by Gasteiger charge is -2.24. The molecule has 0 unspecified atom stereocenters. The van der Waals surface area contributed by atoms with E-state index in [4.69, 9.17) is 4.74 Å². The lowest BCUT2D eigenvalue weighted by molar-refractivity contribution is 0.0759. The largest absolute Gasteiger partial charge is 0.496 e. The van der Waals surface area contributed by atoms with Crippen LogP contribution in [0.1, 0.15) is 41.1 Å². The zero-order chi connectivity index (χ0) is 18.4. The van der Waals surface area contributed by atoms with Gasteiger partial charge in [0.15, 0.2) is 0 Å². The predicted octanol–water partition coefficient (Wildman–Crippen LogP) is 2.47. The van der Waals surface area contributed by atoms with Crippen molar-refractivity contribution in [3.8, 4) is 5.75 Å². The van der Waals surface area contributed by atoms with Crippen molar-refractivity contribution in [1.82, 2.24) is 9.88 Å². The number of carbonyl (C=O) groups excluding carboxylic acids is 2. The molecule has 0 saturated carbocycles. The average molecular weight is 344 g/mol. The first-order valence-corrected chi connectivity index (χ1v) is 8.28. The van der Waals surface area contributed by atoms with Crippen molar-refractivity contribution < 1.29 is 19.4 Å². The monoisotopic (exact) mass is 344 g/mol. The molecule has 0 saturated heterocycles. The summed E-state index contributed by atoms with van der Waals surface area (Å²) in [6.07, 6.45) is 2.32. The second kappa shape index (κ2) is 8.48. The number of nitrogens with zero attached hydrogens (tertiary/aromatic N) is 1. The van der Waals surface area contributed by atoms with Crippen LogP contribution in [0.3, 0.4) is 0 Å². The minimum Gasteiger partial charge on any atom is -0.496 e. The van der Waals surface area contributed by atoms with Crippen molar-refractivity contribution in [3.05, 3.63) is 53.9 Å². The highest BCUT2D eigenvalue weighted by molar-refractivity contribution is 6.00. The highest BCUT2D eigenvalue weighted by Crippen LogP contribution is 2.19. The van der Waals surface area contributed by atoms with Gasteiger partial charge in [0.1, 0.15) is 11.8 Å². The van der Waals surface area contributed by atoms with Gasteiger partial charge in [-0.15, -0.1) is 0 Å². The Labute approximate surface area is 147 Å². The maximum absolute atomic E-state index is 12.9. The molecule has 1 amide bonds. The third kappa shape index (κ3) is 4.09. The van der Waals surface area contributed by atoms with Gasteiger partial charge >= 0.3 is 0 Å². The van der Waals surface area contributed by atoms with E-state index in [2.05, 4.69) is 5.32 Å². The van der Waals surface area contributed by atoms with E-state index in [1.165, 1.54) is 11.7 Å². The van der Waals surface area contributed by atoms with Gasteiger partial charge in [0.2, 0.25) is 0 Å². The van der Waals surface area contributed by atoms with Crippen molar-refractivity contribution >= 4 is 11.8 Å². The molecule has 25 heavy (non-hydrogen) atoms. The van der Waals surface area contributed by atoms with Gasteiger partial charge in [0.05, 0.1) is 25.0 Å². The summed E-state index contributed by atoms with van der Waals surface area (Å²) >= 11 is 0. The van der Waals surface area contributed by atoms with Gasteiger partial charge in [-0.05, 0) is 30.2 Å². The number of amides is 1. The van der Waals surface area contributed by atoms with E-state index < -0.39 is 6.04 Å². The highest BCUT2D eigenvalue weighted by atomic mass is 16.5. The minimum absolute atomic E-state index is 0.0694. The lowest BCUT2D eigenvalue weighted by atomic mass is 9.97. The van der Waals surface area contributed by atoms with Gasteiger partial charge in [0, 0.05) is 6.20 Å². The predicted molar refractivity (Wildman–Crippen MR) is 94.7 cm³/mol. The van der Waals surface area contributed by atoms with Crippen LogP contribution >= 0.6 is 0 Å². The Bertz CT molecular complexity index is 739. The van der Waals surface area contributed by atoms with Gasteiger partial charge in [-0.1, -0.05) is 32.4 Å². The zero-order valence-electron chi connectivity index (χ0n) is 14.7. The Kier molecular flexibility index (Phi) is 6.36. The summed E-state index contributed by atoms with van der Waals surface area (Å²) in [5.41, 5.74) is 0.867. The Morgan fingerprint density at radius 2 is 1.96 bits per heavy atom. The molecular formula is C19H24N2O4. The summed E-state index contributed by atoms with van der Waals surface area (Å²) < 4.78 is 6.61. The van der Waals surface area contributed by atoms with Crippen molar-refractivity contribution in [2.45, 2.75) is 32.9 Å². The number of carbonyl (C=O) groups is 2. The van der Waals surface area contributed by atoms with E-state index in [1.54, 1.807) is 42.6 Å². The summed E-state index contributed by atoms with van der Waals surface area (Å²) in [5, 5.41) is 12.2. The molecule has 6 nitrogen and oxygen atoms in total. The molecule has 0 radical (unpaired) electrons. The normalized spacial score (nSPS) is 13.1. The summed E-state index contributed by atoms with van der Waals surface area (Å²) in [7, 11) is 1.50. The number of ether oxygens (including phenoxy) is 1. The molecule has 0 fully saturated rings. The third-order valence-electron chi connectivity index (χ3n) is 4.35. The van der Waals surface area contributed by atoms with Crippen molar-refractivity contribution in [1.29, 1.82) is 0 Å². The number of aliphatic hydroxyl groups excluding tert-OH is 1. The van der Waals surface area contributed by atoms with Crippen LogP contribution < -0.4 is 10.1 Å². The molecule has 0 spiro atoms. The summed E-state index contributed by atoms with van der Waals surface area (Å²) in [5.74, 6) is -0.257. The fourth-order valence-corrected chi connectivity index (χ4v) is 2.64. The number of rotatable bonds is 7. The summed E-state index contributed by atoms with van der Waals surface area (Å²) in [6.45, 7) is 3.63. The van der Waals surface area contributed by atoms with Gasteiger partial charge in [-0.2, -0.15) is 0 Å². The number of benzene rings is 1. The number of aromatic nitrogens is 1. The van der Waals surface area contributed by atoms with Gasteiger partial charge < -0.3 is 15.2 Å². The average Bonchev–Trinajstić information content (AvgIpc) is 3.13. The number of nitrogens with one attached hydrogen (secondary N) is 1. The smallest absolute Gasteiger partial charge is 0.255 e. The fraction of sp³-hybridized carbons (Fsp3) is 0.368. The molecule has 0 aliphatic rings. The van der Waals surface area contributed by atoms with Crippen molar-refractivity contribution in [2.24, 2.45) is 5.92 Å². The quantitative estimate of drug-likeness (QED) is 0.808. The van der Waals surface area contributed by atoms with Crippen LogP contribution in [0.25, 0.3) is 0 Å². The van der Waals surface area contributed by atoms with Crippen LogP contribution in [-0.2, 0) is 6.61 Å². The maximum atomic E-state index is 12.9. The highest BCUT2D eigenvalue weighted by Gasteiger charge is 2.29. The van der Waals surface area contributed by atoms with Gasteiger partial charge in [-0.3, -0.25) is 14.2 Å². The molecule has 2 N–H and O–H groups in total. The van der Waals surface area contributed by atoms with E-state index in [1.807, 2.05) is 13.8 Å². The van der Waals surface area contributed by atoms with Crippen LogP contribution in [0.2, 0.25) is 0 Å². The van der Waals surface area contributed by atoms with Crippen LogP contribution in [0.4, 0.5) is 0 Å². The molecular weight excluding hydrogens is 320 g/mol. The first kappa shape index (κ1) is 18.7. The topological polar surface area (TPSA) is 80.6 Å². The third-order valence-corrected chi connectivity index (χ3v) is 4.35. The number of hydrogen-bond acceptors (Lipinski definition) is 4. The molecule has 0 aliphatic heterocycles. The summed E-state index contributed by atoms with van der Waals surface area (Å²) in [6, 6.07) is 9.53. The Balaban J connectivity index is 2.29. The van der Waals surface area contributed by atoms with Crippen LogP contribution in [0.5, 0.6) is 5.75 Å². The van der Waals surface area contributed by atoms with E-state index in [0.29, 0.717) is 17.0 Å². The minimum atomic E-state index is -0.708. The molecule has 0 aliphatic carbocycles. The van der Waals surface area contributed by atoms with Crippen LogP contribution in [-0.4, -0.2) is 34.6 Å². The number of aliphatic hydroxyl groups is 1. The van der Waals surface area contributed by atoms with E-state index in [0.717, 1.165) is 6.42 Å². The van der Waals surface area contributed by atoms with Crippen LogP contribution in [0.15, 0.2) is 42.6 Å². The number of methoxy groups -OCH3 is 1. The first-order chi connectivity index (χ1) is 12.0. The molecule has 0 bridgehead atoms. The van der Waals surface area contributed by atoms with Crippen molar-refractivity contribution in [3.63, 3.8) is 0 Å². The Morgan fingerprint density at radius 3 is 2.60 bits per heavy atom. The molecule has 2 aromatic rings. The molecule has 2 atom stereocenters. The van der Waals surface area contributed by atoms with Crippen molar-refractivity contribution in [2.75, 3.05) is 7.11 Å². The molecule has 1 heterocycles. The van der Waals surface area contributed by atoms with E-state index >= 15 is 0 Å². The lowest BCUT2D eigenvalue weighted by Crippen LogP contribution is -2.47. The Morgan fingerprint density at radius 1 is 1.24 bits per heavy atom. The first-order valence-electron chi connectivity index (χ1n) is 8.28. The second-order valence-electron chi connectivity index (χ2n) is 5.90. The van der Waals surface area contributed by atoms with Gasteiger partial charge in [-0.25, -0.2) is 0 Å². The second-order valence-corrected chi connectivity index (χ2v) is 5.90. The van der Waals surface area contributed by atoms with E-state index in [-0.39, 0.29) is 24.3 Å².